The zero-order valence-corrected chi connectivity index (χ0v) is 15.3. The first-order valence-corrected chi connectivity index (χ1v) is 9.44. The first-order valence-electron chi connectivity index (χ1n) is 9.44. The smallest absolute Gasteiger partial charge is 0.123 e. The highest BCUT2D eigenvalue weighted by Crippen LogP contribution is 2.38. The number of rotatable bonds is 4. The van der Waals surface area contributed by atoms with Crippen LogP contribution >= 0.6 is 0 Å². The van der Waals surface area contributed by atoms with Crippen LogP contribution in [-0.2, 0) is 0 Å². The van der Waals surface area contributed by atoms with Gasteiger partial charge in [0.15, 0.2) is 0 Å². The molecule has 0 radical (unpaired) electrons. The van der Waals surface area contributed by atoms with Crippen LogP contribution in [0.25, 0.3) is 10.8 Å². The molecule has 1 aliphatic heterocycles. The summed E-state index contributed by atoms with van der Waals surface area (Å²) in [6.07, 6.45) is 1.16. The lowest BCUT2D eigenvalue weighted by atomic mass is 9.91. The minimum absolute atomic E-state index is 0.192. The van der Waals surface area contributed by atoms with Crippen molar-refractivity contribution in [3.8, 4) is 5.75 Å². The van der Waals surface area contributed by atoms with Gasteiger partial charge in [0.2, 0.25) is 0 Å². The van der Waals surface area contributed by atoms with Gasteiger partial charge in [-0.05, 0) is 35.4 Å². The van der Waals surface area contributed by atoms with E-state index in [0.29, 0.717) is 0 Å². The summed E-state index contributed by atoms with van der Waals surface area (Å²) in [7, 11) is 1.77. The molecule has 0 spiro atoms. The van der Waals surface area contributed by atoms with Crippen LogP contribution in [0.5, 0.6) is 5.75 Å². The maximum Gasteiger partial charge on any atom is 0.123 e. The Kier molecular flexibility index (Phi) is 5.19. The fourth-order valence-electron chi connectivity index (χ4n) is 4.07. The topological polar surface area (TPSA) is 24.5 Å². The van der Waals surface area contributed by atoms with Crippen molar-refractivity contribution in [3.05, 3.63) is 77.9 Å². The largest absolute Gasteiger partial charge is 0.496 e. The van der Waals surface area contributed by atoms with Crippen molar-refractivity contribution >= 4 is 10.8 Å². The van der Waals surface area contributed by atoms with E-state index < -0.39 is 0 Å². The molecule has 0 aromatic heterocycles. The molecule has 3 heteroatoms. The molecule has 1 N–H and O–H groups in total. The second kappa shape index (κ2) is 7.90. The van der Waals surface area contributed by atoms with E-state index in [1.165, 1.54) is 21.9 Å². The van der Waals surface area contributed by atoms with Crippen molar-refractivity contribution in [2.75, 3.05) is 33.3 Å². The molecule has 26 heavy (non-hydrogen) atoms. The number of methoxy groups -OCH3 is 1. The average molecular weight is 346 g/mol. The van der Waals surface area contributed by atoms with Gasteiger partial charge < -0.3 is 10.1 Å². The van der Waals surface area contributed by atoms with E-state index in [1.807, 2.05) is 6.07 Å². The molecule has 1 unspecified atom stereocenters. The summed E-state index contributed by atoms with van der Waals surface area (Å²) in [4.78, 5) is 2.60. The zero-order chi connectivity index (χ0) is 17.8. The number of nitrogens with one attached hydrogen (secondary N) is 1. The molecule has 1 saturated heterocycles. The first kappa shape index (κ1) is 17.1. The lowest BCUT2D eigenvalue weighted by Crippen LogP contribution is -2.33. The lowest BCUT2D eigenvalue weighted by molar-refractivity contribution is 0.237. The molecule has 3 aromatic carbocycles. The highest BCUT2D eigenvalue weighted by atomic mass is 16.5. The third-order valence-corrected chi connectivity index (χ3v) is 5.29. The number of hydrogen-bond donors (Lipinski definition) is 1. The van der Waals surface area contributed by atoms with Gasteiger partial charge in [-0.25, -0.2) is 0 Å². The lowest BCUT2D eigenvalue weighted by Gasteiger charge is -2.33. The van der Waals surface area contributed by atoms with E-state index in [4.69, 9.17) is 4.74 Å². The third kappa shape index (κ3) is 3.33. The Morgan fingerprint density at radius 2 is 1.62 bits per heavy atom. The second-order valence-corrected chi connectivity index (χ2v) is 6.85. The fraction of sp³-hybridized carbons (Fsp3) is 0.304. The maximum absolute atomic E-state index is 5.74. The second-order valence-electron chi connectivity index (χ2n) is 6.85. The Balaban J connectivity index is 1.89. The number of fused-ring (bicyclic) bond motifs is 1. The summed E-state index contributed by atoms with van der Waals surface area (Å²) < 4.78 is 5.74. The van der Waals surface area contributed by atoms with Crippen LogP contribution in [-0.4, -0.2) is 38.2 Å². The van der Waals surface area contributed by atoms with Crippen molar-refractivity contribution < 1.29 is 4.74 Å². The van der Waals surface area contributed by atoms with Gasteiger partial charge in [-0.1, -0.05) is 60.7 Å². The van der Waals surface area contributed by atoms with Gasteiger partial charge in [-0.15, -0.1) is 0 Å². The number of para-hydroxylation sites is 1. The third-order valence-electron chi connectivity index (χ3n) is 5.29. The number of ether oxygens (including phenoxy) is 1. The maximum atomic E-state index is 5.74. The molecule has 3 nitrogen and oxygen atoms in total. The fourth-order valence-corrected chi connectivity index (χ4v) is 4.07. The molecular formula is C23H26N2O. The van der Waals surface area contributed by atoms with E-state index in [-0.39, 0.29) is 6.04 Å². The standard InChI is InChI=1S/C23H26N2O/c1-26-22-13-5-4-11-21(22)23(25-16-7-14-24-15-17-25)20-12-6-9-18-8-2-3-10-19(18)20/h2-6,8-13,23-24H,7,14-17H2,1H3. The molecular weight excluding hydrogens is 320 g/mol. The number of benzene rings is 3. The van der Waals surface area contributed by atoms with E-state index in [0.717, 1.165) is 38.3 Å². The van der Waals surface area contributed by atoms with Crippen LogP contribution in [0.15, 0.2) is 66.7 Å². The Hall–Kier alpha value is -2.36. The molecule has 1 fully saturated rings. The van der Waals surface area contributed by atoms with Gasteiger partial charge in [0.25, 0.3) is 0 Å². The van der Waals surface area contributed by atoms with Crippen molar-refractivity contribution in [1.82, 2.24) is 10.2 Å². The highest BCUT2D eigenvalue weighted by Gasteiger charge is 2.27. The quantitative estimate of drug-likeness (QED) is 0.765. The van der Waals surface area contributed by atoms with Gasteiger partial charge in [0.1, 0.15) is 5.75 Å². The van der Waals surface area contributed by atoms with Gasteiger partial charge in [-0.3, -0.25) is 4.90 Å². The molecule has 1 atom stereocenters. The summed E-state index contributed by atoms with van der Waals surface area (Å²) in [6.45, 7) is 4.23. The minimum Gasteiger partial charge on any atom is -0.496 e. The van der Waals surface area contributed by atoms with Crippen LogP contribution < -0.4 is 10.1 Å². The van der Waals surface area contributed by atoms with Gasteiger partial charge in [0.05, 0.1) is 13.2 Å². The molecule has 1 aliphatic rings. The molecule has 0 aliphatic carbocycles. The van der Waals surface area contributed by atoms with Crippen LogP contribution in [0.3, 0.4) is 0 Å². The molecule has 0 bridgehead atoms. The number of nitrogens with zero attached hydrogens (tertiary/aromatic N) is 1. The molecule has 1 heterocycles. The SMILES string of the molecule is COc1ccccc1C(c1cccc2ccccc12)N1CCCNCC1. The zero-order valence-electron chi connectivity index (χ0n) is 15.3. The van der Waals surface area contributed by atoms with Crippen LogP contribution in [0.1, 0.15) is 23.6 Å². The van der Waals surface area contributed by atoms with Crippen LogP contribution in [0, 0.1) is 0 Å². The average Bonchev–Trinajstić information content (AvgIpc) is 2.98. The molecule has 4 rings (SSSR count). The van der Waals surface area contributed by atoms with Gasteiger partial charge in [0, 0.05) is 25.2 Å². The van der Waals surface area contributed by atoms with Crippen molar-refractivity contribution in [3.63, 3.8) is 0 Å². The van der Waals surface area contributed by atoms with Crippen LogP contribution in [0.2, 0.25) is 0 Å². The van der Waals surface area contributed by atoms with E-state index in [9.17, 15) is 0 Å². The Morgan fingerprint density at radius 1 is 0.846 bits per heavy atom. The van der Waals surface area contributed by atoms with Crippen molar-refractivity contribution in [2.45, 2.75) is 12.5 Å². The Morgan fingerprint density at radius 3 is 2.54 bits per heavy atom. The Bertz CT molecular complexity index is 863. The molecule has 3 aromatic rings. The minimum atomic E-state index is 0.192. The predicted molar refractivity (Wildman–Crippen MR) is 108 cm³/mol. The normalized spacial score (nSPS) is 17.0. The summed E-state index contributed by atoms with van der Waals surface area (Å²) in [5, 5.41) is 6.14. The van der Waals surface area contributed by atoms with Gasteiger partial charge in [-0.2, -0.15) is 0 Å². The number of hydrogen-bond acceptors (Lipinski definition) is 3. The predicted octanol–water partition coefficient (Wildman–Crippen LogP) is 4.23. The van der Waals surface area contributed by atoms with Crippen molar-refractivity contribution in [2.24, 2.45) is 0 Å². The van der Waals surface area contributed by atoms with E-state index in [2.05, 4.69) is 70.9 Å². The summed E-state index contributed by atoms with van der Waals surface area (Å²) >= 11 is 0. The van der Waals surface area contributed by atoms with Crippen molar-refractivity contribution in [1.29, 1.82) is 0 Å². The van der Waals surface area contributed by atoms with E-state index >= 15 is 0 Å². The highest BCUT2D eigenvalue weighted by molar-refractivity contribution is 5.86. The molecule has 134 valence electrons. The summed E-state index contributed by atoms with van der Waals surface area (Å²) in [6, 6.07) is 24.0. The van der Waals surface area contributed by atoms with Crippen LogP contribution in [0.4, 0.5) is 0 Å². The summed E-state index contributed by atoms with van der Waals surface area (Å²) in [5.74, 6) is 0.961. The summed E-state index contributed by atoms with van der Waals surface area (Å²) in [5.41, 5.74) is 2.60. The Labute approximate surface area is 155 Å². The van der Waals surface area contributed by atoms with E-state index in [1.54, 1.807) is 7.11 Å². The van der Waals surface area contributed by atoms with Gasteiger partial charge >= 0.3 is 0 Å². The first-order chi connectivity index (χ1) is 12.9. The molecule has 0 amide bonds. The monoisotopic (exact) mass is 346 g/mol. The molecule has 0 saturated carbocycles.